The van der Waals surface area contributed by atoms with E-state index < -0.39 is 0 Å². The molecule has 2 heteroatoms. The Labute approximate surface area is 105 Å². The van der Waals surface area contributed by atoms with Crippen LogP contribution in [-0.4, -0.2) is 30.2 Å². The molecule has 0 aromatic heterocycles. The molecule has 2 nitrogen and oxygen atoms in total. The van der Waals surface area contributed by atoms with Crippen LogP contribution in [-0.2, 0) is 11.3 Å². The summed E-state index contributed by atoms with van der Waals surface area (Å²) in [5.74, 6) is 0. The van der Waals surface area contributed by atoms with Gasteiger partial charge in [-0.3, -0.25) is 4.90 Å². The van der Waals surface area contributed by atoms with Crippen molar-refractivity contribution in [3.63, 3.8) is 0 Å². The molecular formula is C15H23NO. The molecule has 0 aliphatic carbocycles. The van der Waals surface area contributed by atoms with Crippen molar-refractivity contribution in [3.05, 3.63) is 35.9 Å². The van der Waals surface area contributed by atoms with Crippen LogP contribution < -0.4 is 0 Å². The van der Waals surface area contributed by atoms with Crippen molar-refractivity contribution in [2.75, 3.05) is 19.7 Å². The molecule has 0 amide bonds. The van der Waals surface area contributed by atoms with E-state index in [1.54, 1.807) is 0 Å². The van der Waals surface area contributed by atoms with Crippen LogP contribution in [0.3, 0.4) is 0 Å². The zero-order valence-corrected chi connectivity index (χ0v) is 11.0. The molecule has 2 heterocycles. The quantitative estimate of drug-likeness (QED) is 0.730. The van der Waals surface area contributed by atoms with E-state index in [2.05, 4.69) is 35.2 Å². The fourth-order valence-corrected chi connectivity index (χ4v) is 2.50. The molecule has 17 heavy (non-hydrogen) atoms. The van der Waals surface area contributed by atoms with Gasteiger partial charge in [-0.15, -0.1) is 0 Å². The minimum atomic E-state index is 0.257. The number of likely N-dealkylation sites (tertiary alicyclic amines) is 1. The summed E-state index contributed by atoms with van der Waals surface area (Å²) in [6.45, 7) is 8.41. The van der Waals surface area contributed by atoms with Gasteiger partial charge in [0.2, 0.25) is 0 Å². The van der Waals surface area contributed by atoms with E-state index in [0.717, 1.165) is 19.7 Å². The van der Waals surface area contributed by atoms with Crippen molar-refractivity contribution in [2.24, 2.45) is 0 Å². The summed E-state index contributed by atoms with van der Waals surface area (Å²) in [6, 6.07) is 10.7. The van der Waals surface area contributed by atoms with Crippen LogP contribution in [0.2, 0.25) is 0 Å². The Kier molecular flexibility index (Phi) is 4.19. The van der Waals surface area contributed by atoms with Gasteiger partial charge in [-0.2, -0.15) is 0 Å². The molecule has 94 valence electrons. The molecule has 0 N–H and O–H groups in total. The van der Waals surface area contributed by atoms with Crippen molar-refractivity contribution < 1.29 is 4.74 Å². The summed E-state index contributed by atoms with van der Waals surface area (Å²) in [6.07, 6.45) is 2.55. The second-order valence-electron chi connectivity index (χ2n) is 4.77. The number of benzene rings is 1. The molecule has 2 aliphatic rings. The molecular weight excluding hydrogens is 210 g/mol. The third kappa shape index (κ3) is 3.30. The number of ether oxygens (including phenoxy) is 1. The number of hydrogen-bond donors (Lipinski definition) is 0. The van der Waals surface area contributed by atoms with Crippen LogP contribution in [0, 0.1) is 0 Å². The molecule has 1 aromatic rings. The molecule has 2 aliphatic heterocycles. The van der Waals surface area contributed by atoms with E-state index in [0.29, 0.717) is 0 Å². The summed E-state index contributed by atoms with van der Waals surface area (Å²) in [4.78, 5) is 2.52. The Hall–Kier alpha value is -0.860. The number of epoxide rings is 1. The van der Waals surface area contributed by atoms with E-state index in [1.807, 2.05) is 13.8 Å². The first-order chi connectivity index (χ1) is 8.36. The Morgan fingerprint density at radius 3 is 2.59 bits per heavy atom. The van der Waals surface area contributed by atoms with Gasteiger partial charge in [0, 0.05) is 13.1 Å². The van der Waals surface area contributed by atoms with Gasteiger partial charge in [-0.25, -0.2) is 0 Å². The van der Waals surface area contributed by atoms with E-state index in [1.165, 1.54) is 24.9 Å². The molecule has 0 radical (unpaired) electrons. The van der Waals surface area contributed by atoms with Gasteiger partial charge in [0.1, 0.15) is 5.60 Å². The van der Waals surface area contributed by atoms with Gasteiger partial charge >= 0.3 is 0 Å². The lowest BCUT2D eigenvalue weighted by Crippen LogP contribution is -2.40. The smallest absolute Gasteiger partial charge is 0.104 e. The predicted octanol–water partition coefficient (Wildman–Crippen LogP) is 3.08. The fraction of sp³-hybridized carbons (Fsp3) is 0.600. The monoisotopic (exact) mass is 233 g/mol. The van der Waals surface area contributed by atoms with E-state index in [9.17, 15) is 0 Å². The third-order valence-electron chi connectivity index (χ3n) is 3.42. The van der Waals surface area contributed by atoms with E-state index >= 15 is 0 Å². The summed E-state index contributed by atoms with van der Waals surface area (Å²) in [7, 11) is 0. The first-order valence-electron chi connectivity index (χ1n) is 6.77. The Bertz CT molecular complexity index is 332. The van der Waals surface area contributed by atoms with Crippen LogP contribution in [0.25, 0.3) is 0 Å². The maximum absolute atomic E-state index is 5.56. The highest BCUT2D eigenvalue weighted by molar-refractivity contribution is 5.15. The highest BCUT2D eigenvalue weighted by atomic mass is 16.6. The highest BCUT2D eigenvalue weighted by Crippen LogP contribution is 2.36. The second-order valence-corrected chi connectivity index (χ2v) is 4.77. The molecule has 1 unspecified atom stereocenters. The van der Waals surface area contributed by atoms with Gasteiger partial charge in [0.05, 0.1) is 6.61 Å². The van der Waals surface area contributed by atoms with Crippen molar-refractivity contribution in [1.29, 1.82) is 0 Å². The Morgan fingerprint density at radius 1 is 1.24 bits per heavy atom. The summed E-state index contributed by atoms with van der Waals surface area (Å²) < 4.78 is 5.56. The van der Waals surface area contributed by atoms with E-state index in [4.69, 9.17) is 4.74 Å². The normalized spacial score (nSPS) is 27.4. The van der Waals surface area contributed by atoms with Crippen molar-refractivity contribution in [1.82, 2.24) is 4.90 Å². The van der Waals surface area contributed by atoms with E-state index in [-0.39, 0.29) is 5.60 Å². The standard InChI is InChI=1S/C13H17NO.C2H6/c1-2-5-12(6-3-1)9-14-8-4-7-13(10-14)11-15-13;1-2/h1-3,5-6H,4,7-11H2;1-2H3. The van der Waals surface area contributed by atoms with Gasteiger partial charge in [0.25, 0.3) is 0 Å². The Morgan fingerprint density at radius 2 is 1.94 bits per heavy atom. The maximum atomic E-state index is 5.56. The average Bonchev–Trinajstić information content (AvgIpc) is 3.12. The lowest BCUT2D eigenvalue weighted by molar-refractivity contribution is 0.129. The van der Waals surface area contributed by atoms with Crippen LogP contribution in [0.15, 0.2) is 30.3 Å². The second kappa shape index (κ2) is 5.65. The van der Waals surface area contributed by atoms with Crippen molar-refractivity contribution >= 4 is 0 Å². The predicted molar refractivity (Wildman–Crippen MR) is 71.0 cm³/mol. The molecule has 2 saturated heterocycles. The SMILES string of the molecule is CC.c1ccc(CN2CCCC3(CO3)C2)cc1. The molecule has 1 atom stereocenters. The summed E-state index contributed by atoms with van der Waals surface area (Å²) in [5.41, 5.74) is 1.67. The van der Waals surface area contributed by atoms with Crippen molar-refractivity contribution in [2.45, 2.75) is 38.8 Å². The highest BCUT2D eigenvalue weighted by Gasteiger charge is 2.47. The molecule has 2 fully saturated rings. The molecule has 1 spiro atoms. The van der Waals surface area contributed by atoms with Crippen LogP contribution >= 0.6 is 0 Å². The zero-order chi connectivity index (χ0) is 12.1. The van der Waals surface area contributed by atoms with Gasteiger partial charge in [0.15, 0.2) is 0 Å². The molecule has 0 bridgehead atoms. The fourth-order valence-electron chi connectivity index (χ4n) is 2.50. The minimum absolute atomic E-state index is 0.257. The zero-order valence-electron chi connectivity index (χ0n) is 11.0. The molecule has 1 aromatic carbocycles. The largest absolute Gasteiger partial charge is 0.368 e. The summed E-state index contributed by atoms with van der Waals surface area (Å²) >= 11 is 0. The van der Waals surface area contributed by atoms with Crippen LogP contribution in [0.4, 0.5) is 0 Å². The lowest BCUT2D eigenvalue weighted by atomic mass is 9.98. The number of rotatable bonds is 2. The summed E-state index contributed by atoms with van der Waals surface area (Å²) in [5, 5.41) is 0. The van der Waals surface area contributed by atoms with Crippen molar-refractivity contribution in [3.8, 4) is 0 Å². The number of hydrogen-bond acceptors (Lipinski definition) is 2. The topological polar surface area (TPSA) is 15.8 Å². The first kappa shape index (κ1) is 12.6. The van der Waals surface area contributed by atoms with Crippen LogP contribution in [0.1, 0.15) is 32.3 Å². The lowest BCUT2D eigenvalue weighted by Gasteiger charge is -2.30. The molecule has 3 rings (SSSR count). The Balaban J connectivity index is 0.000000514. The van der Waals surface area contributed by atoms with Crippen LogP contribution in [0.5, 0.6) is 0 Å². The first-order valence-corrected chi connectivity index (χ1v) is 6.77. The van der Waals surface area contributed by atoms with Gasteiger partial charge in [-0.05, 0) is 24.9 Å². The van der Waals surface area contributed by atoms with Gasteiger partial charge in [-0.1, -0.05) is 44.2 Å². The number of piperidine rings is 1. The van der Waals surface area contributed by atoms with Gasteiger partial charge < -0.3 is 4.74 Å². The third-order valence-corrected chi connectivity index (χ3v) is 3.42. The minimum Gasteiger partial charge on any atom is -0.368 e. The molecule has 0 saturated carbocycles. The number of nitrogens with zero attached hydrogens (tertiary/aromatic N) is 1. The average molecular weight is 233 g/mol. The maximum Gasteiger partial charge on any atom is 0.104 e.